The van der Waals surface area contributed by atoms with Crippen molar-refractivity contribution in [1.29, 1.82) is 0 Å². The molecule has 2 heterocycles. The number of hydrogen-bond donors (Lipinski definition) is 1. The van der Waals surface area contributed by atoms with Crippen molar-refractivity contribution >= 4 is 29.1 Å². The van der Waals surface area contributed by atoms with Crippen LogP contribution >= 0.6 is 11.6 Å². The number of anilines is 1. The minimum atomic E-state index is -0.507. The van der Waals surface area contributed by atoms with Crippen LogP contribution in [0.25, 0.3) is 0 Å². The van der Waals surface area contributed by atoms with Gasteiger partial charge in [0, 0.05) is 34.8 Å². The van der Waals surface area contributed by atoms with Gasteiger partial charge in [0.15, 0.2) is 0 Å². The smallest absolute Gasteiger partial charge is 0.251 e. The first-order chi connectivity index (χ1) is 18.0. The Balaban J connectivity index is 1.17. The van der Waals surface area contributed by atoms with Crippen molar-refractivity contribution in [3.8, 4) is 0 Å². The molecule has 1 spiro atoms. The predicted molar refractivity (Wildman–Crippen MR) is 147 cm³/mol. The number of nitrogens with one attached hydrogen (secondary N) is 1. The molecule has 1 saturated carbocycles. The number of benzene rings is 3. The van der Waals surface area contributed by atoms with Gasteiger partial charge < -0.3 is 15.1 Å². The SMILES string of the molecule is CN1CCCC1CCNC(=O)c1cccc(CN2C(=O)[C@@]3(C[C@H]3c3ccc(Cl)cc3)c3ccccc32)c1. The normalized spacial score (nSPS) is 24.5. The third-order valence-corrected chi connectivity index (χ3v) is 8.75. The number of nitrogens with zero attached hydrogens (tertiary/aromatic N) is 2. The van der Waals surface area contributed by atoms with Gasteiger partial charge in [0.05, 0.1) is 12.0 Å². The molecular weight excluding hydrogens is 482 g/mol. The second-order valence-corrected chi connectivity index (χ2v) is 11.1. The van der Waals surface area contributed by atoms with E-state index in [0.29, 0.717) is 29.7 Å². The number of carbonyl (C=O) groups excluding carboxylic acids is 2. The fourth-order valence-electron chi connectivity index (χ4n) is 6.40. The van der Waals surface area contributed by atoms with Crippen molar-refractivity contribution < 1.29 is 9.59 Å². The Labute approximate surface area is 223 Å². The van der Waals surface area contributed by atoms with Gasteiger partial charge in [0.2, 0.25) is 5.91 Å². The van der Waals surface area contributed by atoms with Crippen molar-refractivity contribution in [3.63, 3.8) is 0 Å². The van der Waals surface area contributed by atoms with Crippen molar-refractivity contribution in [2.75, 3.05) is 25.0 Å². The zero-order chi connectivity index (χ0) is 25.6. The number of rotatable bonds is 7. The van der Waals surface area contributed by atoms with Crippen LogP contribution in [-0.4, -0.2) is 42.9 Å². The summed E-state index contributed by atoms with van der Waals surface area (Å²) in [5.74, 6) is 0.237. The summed E-state index contributed by atoms with van der Waals surface area (Å²) in [7, 11) is 2.16. The molecule has 1 aliphatic carbocycles. The summed E-state index contributed by atoms with van der Waals surface area (Å²) >= 11 is 6.10. The van der Waals surface area contributed by atoms with Gasteiger partial charge in [-0.25, -0.2) is 0 Å². The van der Waals surface area contributed by atoms with Crippen molar-refractivity contribution in [1.82, 2.24) is 10.2 Å². The van der Waals surface area contributed by atoms with E-state index in [1.54, 1.807) is 0 Å². The number of amides is 2. The summed E-state index contributed by atoms with van der Waals surface area (Å²) in [5, 5.41) is 3.79. The Morgan fingerprint density at radius 1 is 1.08 bits per heavy atom. The number of likely N-dealkylation sites (tertiary alicyclic amines) is 1. The molecule has 1 N–H and O–H groups in total. The first kappa shape index (κ1) is 24.2. The molecule has 5 nitrogen and oxygen atoms in total. The number of para-hydroxylation sites is 1. The van der Waals surface area contributed by atoms with Crippen LogP contribution in [0.1, 0.15) is 58.6 Å². The van der Waals surface area contributed by atoms with E-state index in [2.05, 4.69) is 23.3 Å². The molecule has 0 bridgehead atoms. The molecule has 3 aromatic carbocycles. The standard InChI is InChI=1S/C31H32ClN3O2/c1-34-17-5-8-25(34)15-16-33-29(36)23-7-4-6-21(18-23)20-35-28-10-3-2-9-26(28)31(30(35)37)19-27(31)22-11-13-24(32)14-12-22/h2-4,6-7,9-14,18,25,27H,5,8,15-17,19-20H2,1H3,(H,33,36)/t25?,27-,31-/m0/s1. The molecular formula is C31H32ClN3O2. The third-order valence-electron chi connectivity index (χ3n) is 8.50. The van der Waals surface area contributed by atoms with E-state index in [-0.39, 0.29) is 17.7 Å². The lowest BCUT2D eigenvalue weighted by atomic mass is 9.92. The van der Waals surface area contributed by atoms with Gasteiger partial charge in [-0.2, -0.15) is 0 Å². The van der Waals surface area contributed by atoms with E-state index in [9.17, 15) is 9.59 Å². The van der Waals surface area contributed by atoms with E-state index >= 15 is 0 Å². The molecule has 1 saturated heterocycles. The molecule has 3 aromatic rings. The Morgan fingerprint density at radius 2 is 1.89 bits per heavy atom. The minimum Gasteiger partial charge on any atom is -0.352 e. The second kappa shape index (κ2) is 9.62. The maximum Gasteiger partial charge on any atom is 0.251 e. The van der Waals surface area contributed by atoms with Gasteiger partial charge in [-0.1, -0.05) is 54.1 Å². The van der Waals surface area contributed by atoms with Crippen LogP contribution in [0.4, 0.5) is 5.69 Å². The molecule has 190 valence electrons. The third kappa shape index (κ3) is 4.34. The number of hydrogen-bond acceptors (Lipinski definition) is 3. The average Bonchev–Trinajstić information content (AvgIpc) is 3.47. The zero-order valence-electron chi connectivity index (χ0n) is 21.1. The van der Waals surface area contributed by atoms with Gasteiger partial charge in [-0.05, 0) is 86.3 Å². The highest BCUT2D eigenvalue weighted by Crippen LogP contribution is 2.66. The first-order valence-corrected chi connectivity index (χ1v) is 13.6. The van der Waals surface area contributed by atoms with Crippen LogP contribution < -0.4 is 10.2 Å². The van der Waals surface area contributed by atoms with Crippen molar-refractivity contribution in [2.45, 2.75) is 49.6 Å². The molecule has 2 aliphatic heterocycles. The lowest BCUT2D eigenvalue weighted by molar-refractivity contribution is -0.120. The Hall–Kier alpha value is -3.15. The monoisotopic (exact) mass is 513 g/mol. The predicted octanol–water partition coefficient (Wildman–Crippen LogP) is 5.53. The van der Waals surface area contributed by atoms with Crippen LogP contribution in [0, 0.1) is 0 Å². The van der Waals surface area contributed by atoms with Crippen LogP contribution in [-0.2, 0) is 16.8 Å². The summed E-state index contributed by atoms with van der Waals surface area (Å²) in [6.07, 6.45) is 4.21. The summed E-state index contributed by atoms with van der Waals surface area (Å²) in [6, 6.07) is 24.2. The second-order valence-electron chi connectivity index (χ2n) is 10.7. The molecule has 0 radical (unpaired) electrons. The molecule has 6 heteroatoms. The summed E-state index contributed by atoms with van der Waals surface area (Å²) in [6.45, 7) is 2.25. The molecule has 1 unspecified atom stereocenters. The fourth-order valence-corrected chi connectivity index (χ4v) is 6.52. The van der Waals surface area contributed by atoms with E-state index in [0.717, 1.165) is 41.8 Å². The van der Waals surface area contributed by atoms with E-state index in [4.69, 9.17) is 11.6 Å². The maximum absolute atomic E-state index is 13.9. The highest BCUT2D eigenvalue weighted by Gasteiger charge is 2.67. The number of fused-ring (bicyclic) bond motifs is 2. The highest BCUT2D eigenvalue weighted by molar-refractivity contribution is 6.30. The molecule has 3 atom stereocenters. The van der Waals surface area contributed by atoms with E-state index in [1.807, 2.05) is 71.6 Å². The Bertz CT molecular complexity index is 1340. The summed E-state index contributed by atoms with van der Waals surface area (Å²) in [5.41, 5.74) is 4.30. The minimum absolute atomic E-state index is 0.0582. The largest absolute Gasteiger partial charge is 0.352 e. The molecule has 2 amide bonds. The lowest BCUT2D eigenvalue weighted by Gasteiger charge is -2.20. The molecule has 37 heavy (non-hydrogen) atoms. The van der Waals surface area contributed by atoms with Crippen molar-refractivity contribution in [3.05, 3.63) is 100 Å². The van der Waals surface area contributed by atoms with Gasteiger partial charge in [-0.3, -0.25) is 9.59 Å². The van der Waals surface area contributed by atoms with Crippen LogP contribution in [0.2, 0.25) is 5.02 Å². The highest BCUT2D eigenvalue weighted by atomic mass is 35.5. The molecule has 6 rings (SSSR count). The van der Waals surface area contributed by atoms with Crippen LogP contribution in [0.3, 0.4) is 0 Å². The average molecular weight is 514 g/mol. The van der Waals surface area contributed by atoms with Gasteiger partial charge >= 0.3 is 0 Å². The Morgan fingerprint density at radius 3 is 2.68 bits per heavy atom. The van der Waals surface area contributed by atoms with Gasteiger partial charge in [0.1, 0.15) is 0 Å². The van der Waals surface area contributed by atoms with E-state index < -0.39 is 5.41 Å². The van der Waals surface area contributed by atoms with Crippen LogP contribution in [0.5, 0.6) is 0 Å². The van der Waals surface area contributed by atoms with Crippen molar-refractivity contribution in [2.24, 2.45) is 0 Å². The molecule has 3 aliphatic rings. The summed E-state index contributed by atoms with van der Waals surface area (Å²) in [4.78, 5) is 31.1. The van der Waals surface area contributed by atoms with Gasteiger partial charge in [0.25, 0.3) is 5.91 Å². The number of carbonyl (C=O) groups is 2. The topological polar surface area (TPSA) is 52.7 Å². The lowest BCUT2D eigenvalue weighted by Crippen LogP contribution is -2.33. The van der Waals surface area contributed by atoms with E-state index in [1.165, 1.54) is 12.8 Å². The fraction of sp³-hybridized carbons (Fsp3) is 0.355. The number of halogens is 1. The molecule has 0 aromatic heterocycles. The maximum atomic E-state index is 13.9. The zero-order valence-corrected chi connectivity index (χ0v) is 21.9. The summed E-state index contributed by atoms with van der Waals surface area (Å²) < 4.78 is 0. The van der Waals surface area contributed by atoms with Gasteiger partial charge in [-0.15, -0.1) is 0 Å². The Kier molecular flexibility index (Phi) is 6.29. The van der Waals surface area contributed by atoms with Crippen LogP contribution in [0.15, 0.2) is 72.8 Å². The quantitative estimate of drug-likeness (QED) is 0.452. The first-order valence-electron chi connectivity index (χ1n) is 13.2. The molecule has 2 fully saturated rings.